The van der Waals surface area contributed by atoms with Gasteiger partial charge in [-0.25, -0.2) is 15.0 Å². The van der Waals surface area contributed by atoms with E-state index in [1.807, 2.05) is 13.8 Å². The molecule has 274 valence electrons. The fourth-order valence-corrected chi connectivity index (χ4v) is 5.83. The van der Waals surface area contributed by atoms with Gasteiger partial charge in [0.15, 0.2) is 11.5 Å². The molecule has 0 bridgehead atoms. The number of ether oxygens (including phenoxy) is 2. The van der Waals surface area contributed by atoms with Crippen molar-refractivity contribution in [3.05, 3.63) is 0 Å². The molecule has 2 aliphatic heterocycles. The molecule has 0 spiro atoms. The first kappa shape index (κ1) is 41.5. The third kappa shape index (κ3) is 17.7. The van der Waals surface area contributed by atoms with E-state index in [4.69, 9.17) is 15.2 Å². The van der Waals surface area contributed by atoms with Gasteiger partial charge in [0.25, 0.3) is 5.91 Å². The summed E-state index contributed by atoms with van der Waals surface area (Å²) in [6.45, 7) is 6.52. The van der Waals surface area contributed by atoms with Gasteiger partial charge in [0, 0.05) is 6.42 Å². The molecule has 2 atom stereocenters. The maximum atomic E-state index is 12.7. The molecule has 0 aromatic carbocycles. The van der Waals surface area contributed by atoms with Crippen LogP contribution < -0.4 is 16.4 Å². The summed E-state index contributed by atoms with van der Waals surface area (Å²) in [4.78, 5) is 49.8. The van der Waals surface area contributed by atoms with Gasteiger partial charge in [0.2, 0.25) is 5.79 Å². The molecule has 0 fully saturated rings. The number of amides is 1. The third-order valence-corrected chi connectivity index (χ3v) is 9.06. The molecule has 0 saturated carbocycles. The summed E-state index contributed by atoms with van der Waals surface area (Å²) < 4.78 is 10.8. The fraction of sp³-hybridized carbons (Fsp3) is 0.838. The van der Waals surface area contributed by atoms with Crippen LogP contribution in [0.3, 0.4) is 0 Å². The molecule has 0 radical (unpaired) electrons. The van der Waals surface area contributed by atoms with Gasteiger partial charge in [-0.3, -0.25) is 19.7 Å². The number of nitrogens with one attached hydrogen (secondary N) is 2. The number of hydrogen-bond acceptors (Lipinski definition) is 10. The van der Waals surface area contributed by atoms with Crippen molar-refractivity contribution in [3.63, 3.8) is 0 Å². The average Bonchev–Trinajstić information content (AvgIpc) is 3.55. The summed E-state index contributed by atoms with van der Waals surface area (Å²) in [5.74, 6) is -2.30. The van der Waals surface area contributed by atoms with E-state index >= 15 is 0 Å². The minimum Gasteiger partial charge on any atom is -0.465 e. The van der Waals surface area contributed by atoms with Crippen molar-refractivity contribution in [1.82, 2.24) is 10.6 Å². The number of esters is 2. The Morgan fingerprint density at radius 1 is 0.812 bits per heavy atom. The molecule has 0 aliphatic carbocycles. The predicted octanol–water partition coefficient (Wildman–Crippen LogP) is 6.91. The highest BCUT2D eigenvalue weighted by Crippen LogP contribution is 2.17. The first-order chi connectivity index (χ1) is 23.3. The van der Waals surface area contributed by atoms with E-state index in [9.17, 15) is 14.4 Å². The fourth-order valence-electron chi connectivity index (χ4n) is 5.83. The Hall–Kier alpha value is -2.66. The lowest BCUT2D eigenvalue weighted by Crippen LogP contribution is -2.65. The molecule has 2 aliphatic rings. The Balaban J connectivity index is 1.53. The molecule has 1 unspecified atom stereocenters. The van der Waals surface area contributed by atoms with E-state index < -0.39 is 23.7 Å². The molecule has 0 saturated heterocycles. The molecule has 0 aromatic heterocycles. The molecular weight excluding hydrogens is 608 g/mol. The molecule has 4 N–H and O–H groups in total. The molecule has 1 amide bonds. The number of nitrogens with two attached hydrogens (primary N) is 1. The van der Waals surface area contributed by atoms with Crippen molar-refractivity contribution in [3.8, 4) is 0 Å². The molecule has 11 heteroatoms. The zero-order valence-electron chi connectivity index (χ0n) is 30.4. The first-order valence-corrected chi connectivity index (χ1v) is 19.1. The Kier molecular flexibility index (Phi) is 21.9. The number of nitrogens with zero attached hydrogens (tertiary/aromatic N) is 3. The van der Waals surface area contributed by atoms with E-state index in [0.29, 0.717) is 25.8 Å². The number of unbranched alkanes of at least 4 members (excludes halogenated alkanes) is 19. The van der Waals surface area contributed by atoms with Gasteiger partial charge < -0.3 is 20.5 Å². The lowest BCUT2D eigenvalue weighted by molar-refractivity contribution is -0.147. The zero-order chi connectivity index (χ0) is 34.9. The summed E-state index contributed by atoms with van der Waals surface area (Å²) >= 11 is 0. The van der Waals surface area contributed by atoms with Crippen molar-refractivity contribution in [2.45, 2.75) is 174 Å². The predicted molar refractivity (Wildman–Crippen MR) is 194 cm³/mol. The van der Waals surface area contributed by atoms with E-state index in [0.717, 1.165) is 19.3 Å². The summed E-state index contributed by atoms with van der Waals surface area (Å²) in [6, 6.07) is -0.643. The van der Waals surface area contributed by atoms with Crippen molar-refractivity contribution >= 4 is 35.7 Å². The topological polar surface area (TPSA) is 157 Å². The van der Waals surface area contributed by atoms with Crippen LogP contribution in [0.15, 0.2) is 15.0 Å². The average molecular weight is 675 g/mol. The van der Waals surface area contributed by atoms with Crippen molar-refractivity contribution in [2.75, 3.05) is 19.8 Å². The summed E-state index contributed by atoms with van der Waals surface area (Å²) in [5.41, 5.74) is 5.97. The van der Waals surface area contributed by atoms with Gasteiger partial charge in [-0.2, -0.15) is 0 Å². The van der Waals surface area contributed by atoms with E-state index in [1.165, 1.54) is 109 Å². The third-order valence-electron chi connectivity index (χ3n) is 9.06. The number of amidine groups is 1. The highest BCUT2D eigenvalue weighted by molar-refractivity contribution is 6.69. The Bertz CT molecular complexity index is 1030. The number of aliphatic imine (C=N–C) groups is 3. The van der Waals surface area contributed by atoms with Gasteiger partial charge in [-0.1, -0.05) is 136 Å². The van der Waals surface area contributed by atoms with Crippen molar-refractivity contribution in [1.29, 1.82) is 0 Å². The Morgan fingerprint density at radius 3 is 1.90 bits per heavy atom. The summed E-state index contributed by atoms with van der Waals surface area (Å²) in [7, 11) is 0. The Labute approximate surface area is 290 Å². The number of rotatable bonds is 30. The van der Waals surface area contributed by atoms with Crippen LogP contribution in [-0.4, -0.2) is 67.3 Å². The highest BCUT2D eigenvalue weighted by Gasteiger charge is 2.41. The second-order valence-corrected chi connectivity index (χ2v) is 13.8. The van der Waals surface area contributed by atoms with Crippen LogP contribution in [0.1, 0.15) is 162 Å². The standard InChI is InChI=1S/C37H66N6O5/c1-4-5-6-7-8-9-10-11-12-13-14-15-16-17-18-19-20-21-22-25-31(44)48-28-37(42-34-33(35(45)43-37)39-29-40-34)41-26-23-24-27-47-36(46)32(38)30(2)3/h29-30,32,41H,4-28,38H2,1-3H3,(H,43,45)/t32-,37?/m0/s1. The van der Waals surface area contributed by atoms with Crippen LogP contribution in [0.5, 0.6) is 0 Å². The minimum absolute atomic E-state index is 0.00565. The lowest BCUT2D eigenvalue weighted by atomic mass is 10.0. The first-order valence-electron chi connectivity index (χ1n) is 19.1. The van der Waals surface area contributed by atoms with Gasteiger partial charge >= 0.3 is 11.9 Å². The monoisotopic (exact) mass is 675 g/mol. The second-order valence-electron chi connectivity index (χ2n) is 13.8. The minimum atomic E-state index is -1.34. The smallest absolute Gasteiger partial charge is 0.323 e. The molecule has 2 rings (SSSR count). The van der Waals surface area contributed by atoms with Crippen LogP contribution in [0.25, 0.3) is 0 Å². The molecule has 2 heterocycles. The van der Waals surface area contributed by atoms with Crippen molar-refractivity contribution < 1.29 is 23.9 Å². The number of carbonyl (C=O) groups is 3. The van der Waals surface area contributed by atoms with Crippen molar-refractivity contribution in [2.24, 2.45) is 26.6 Å². The molecule has 0 aromatic rings. The maximum Gasteiger partial charge on any atom is 0.323 e. The number of carbonyl (C=O) groups excluding carboxylic acids is 3. The van der Waals surface area contributed by atoms with Crippen LogP contribution in [0.2, 0.25) is 0 Å². The quantitative estimate of drug-likeness (QED) is 0.0552. The number of fused-ring (bicyclic) bond motifs is 1. The van der Waals surface area contributed by atoms with E-state index in [1.54, 1.807) is 0 Å². The largest absolute Gasteiger partial charge is 0.465 e. The van der Waals surface area contributed by atoms with Gasteiger partial charge in [-0.15, -0.1) is 0 Å². The summed E-state index contributed by atoms with van der Waals surface area (Å²) in [6.07, 6.45) is 27.6. The van der Waals surface area contributed by atoms with E-state index in [-0.39, 0.29) is 36.6 Å². The lowest BCUT2D eigenvalue weighted by Gasteiger charge is -2.34. The van der Waals surface area contributed by atoms with Gasteiger partial charge in [0.05, 0.1) is 6.61 Å². The molecule has 11 nitrogen and oxygen atoms in total. The zero-order valence-corrected chi connectivity index (χ0v) is 30.4. The highest BCUT2D eigenvalue weighted by atomic mass is 16.5. The van der Waals surface area contributed by atoms with Crippen LogP contribution in [0, 0.1) is 5.92 Å². The number of hydrogen-bond donors (Lipinski definition) is 3. The van der Waals surface area contributed by atoms with Crippen LogP contribution >= 0.6 is 0 Å². The maximum absolute atomic E-state index is 12.7. The Morgan fingerprint density at radius 2 is 1.35 bits per heavy atom. The molecule has 48 heavy (non-hydrogen) atoms. The van der Waals surface area contributed by atoms with Crippen LogP contribution in [0.4, 0.5) is 0 Å². The van der Waals surface area contributed by atoms with Gasteiger partial charge in [-0.05, 0) is 31.7 Å². The SMILES string of the molecule is CCCCCCCCCCCCCCCCCCCCCC(=O)OCC1(NCCCCOC(=O)[C@@H](N)C(C)C)N=C2N=CN=C2C(=O)N1. The molecular formula is C37H66N6O5. The van der Waals surface area contributed by atoms with E-state index in [2.05, 4.69) is 32.5 Å². The second kappa shape index (κ2) is 25.3. The summed E-state index contributed by atoms with van der Waals surface area (Å²) in [5, 5.41) is 6.00. The normalized spacial score (nSPS) is 17.6. The van der Waals surface area contributed by atoms with Crippen LogP contribution in [-0.2, 0) is 23.9 Å². The van der Waals surface area contributed by atoms with Gasteiger partial charge in [0.1, 0.15) is 19.0 Å².